The molecule has 3 nitrogen and oxygen atoms in total. The van der Waals surface area contributed by atoms with Gasteiger partial charge < -0.3 is 15.2 Å². The number of rotatable bonds is 7. The van der Waals surface area contributed by atoms with Crippen LogP contribution < -0.4 is 15.2 Å². The van der Waals surface area contributed by atoms with E-state index in [-0.39, 0.29) is 6.10 Å². The molecule has 0 amide bonds. The van der Waals surface area contributed by atoms with Crippen molar-refractivity contribution in [1.82, 2.24) is 0 Å². The Morgan fingerprint density at radius 2 is 1.68 bits per heavy atom. The largest absolute Gasteiger partial charge is 0.496 e. The highest BCUT2D eigenvalue weighted by Crippen LogP contribution is 2.34. The highest BCUT2D eigenvalue weighted by molar-refractivity contribution is 5.43. The lowest BCUT2D eigenvalue weighted by Gasteiger charge is -2.20. The fraction of sp³-hybridized carbons (Fsp3) is 0.368. The van der Waals surface area contributed by atoms with E-state index in [0.29, 0.717) is 5.92 Å². The monoisotopic (exact) mass is 300 g/mol. The van der Waals surface area contributed by atoms with Gasteiger partial charge in [0.05, 0.1) is 19.8 Å². The standard InChI is InChI=1S/C19H25NO2/c1-14(2)22-16-10-8-15(9-11-16)17(12-13-20)18-6-4-5-7-19(18)21-3/h4-11,14,17H,12-13,20H2,1-3H3/p+1/t17-/m0/s1. The first kappa shape index (κ1) is 16.4. The van der Waals surface area contributed by atoms with Crippen LogP contribution >= 0.6 is 0 Å². The van der Waals surface area contributed by atoms with Crippen LogP contribution in [-0.4, -0.2) is 19.8 Å². The minimum absolute atomic E-state index is 0.190. The molecule has 0 radical (unpaired) electrons. The van der Waals surface area contributed by atoms with E-state index in [1.807, 2.05) is 38.1 Å². The number of para-hydroxylation sites is 1. The third-order valence-corrected chi connectivity index (χ3v) is 3.66. The SMILES string of the molecule is COc1ccccc1[C@@H](CC[NH3+])c1ccc(OC(C)C)cc1. The zero-order valence-corrected chi connectivity index (χ0v) is 13.7. The van der Waals surface area contributed by atoms with Crippen molar-refractivity contribution < 1.29 is 15.2 Å². The van der Waals surface area contributed by atoms with Gasteiger partial charge in [0.2, 0.25) is 0 Å². The van der Waals surface area contributed by atoms with E-state index in [2.05, 4.69) is 30.0 Å². The fourth-order valence-corrected chi connectivity index (χ4v) is 2.71. The van der Waals surface area contributed by atoms with Crippen molar-refractivity contribution >= 4 is 0 Å². The molecule has 1 atom stereocenters. The Morgan fingerprint density at radius 1 is 1.00 bits per heavy atom. The summed E-state index contributed by atoms with van der Waals surface area (Å²) in [7, 11) is 1.72. The van der Waals surface area contributed by atoms with Gasteiger partial charge in [-0.15, -0.1) is 0 Å². The van der Waals surface area contributed by atoms with Crippen molar-refractivity contribution in [2.24, 2.45) is 0 Å². The number of hydrogen-bond donors (Lipinski definition) is 1. The van der Waals surface area contributed by atoms with Crippen LogP contribution in [0.15, 0.2) is 48.5 Å². The third kappa shape index (κ3) is 4.01. The third-order valence-electron chi connectivity index (χ3n) is 3.66. The molecule has 0 saturated carbocycles. The Hall–Kier alpha value is -2.00. The fourth-order valence-electron chi connectivity index (χ4n) is 2.71. The van der Waals surface area contributed by atoms with Crippen molar-refractivity contribution in [2.75, 3.05) is 13.7 Å². The number of quaternary nitrogens is 1. The number of benzene rings is 2. The minimum atomic E-state index is 0.190. The number of hydrogen-bond acceptors (Lipinski definition) is 2. The van der Waals surface area contributed by atoms with E-state index in [4.69, 9.17) is 9.47 Å². The molecule has 0 unspecified atom stereocenters. The Bertz CT molecular complexity index is 578. The normalized spacial score (nSPS) is 12.2. The van der Waals surface area contributed by atoms with Gasteiger partial charge in [-0.1, -0.05) is 30.3 Å². The van der Waals surface area contributed by atoms with Gasteiger partial charge >= 0.3 is 0 Å². The number of methoxy groups -OCH3 is 1. The molecule has 2 aromatic carbocycles. The zero-order valence-electron chi connectivity index (χ0n) is 13.7. The van der Waals surface area contributed by atoms with E-state index in [0.717, 1.165) is 24.5 Å². The molecule has 0 bridgehead atoms. The summed E-state index contributed by atoms with van der Waals surface area (Å²) in [5, 5.41) is 0. The van der Waals surface area contributed by atoms with E-state index in [1.165, 1.54) is 11.1 Å². The summed E-state index contributed by atoms with van der Waals surface area (Å²) in [6, 6.07) is 16.6. The van der Waals surface area contributed by atoms with Crippen molar-refractivity contribution in [3.05, 3.63) is 59.7 Å². The number of ether oxygens (including phenoxy) is 2. The van der Waals surface area contributed by atoms with Gasteiger partial charge in [-0.25, -0.2) is 0 Å². The molecule has 3 N–H and O–H groups in total. The maximum atomic E-state index is 5.72. The van der Waals surface area contributed by atoms with Crippen LogP contribution in [0.2, 0.25) is 0 Å². The van der Waals surface area contributed by atoms with Crippen molar-refractivity contribution in [1.29, 1.82) is 0 Å². The molecule has 0 aliphatic carbocycles. The average molecular weight is 300 g/mol. The summed E-state index contributed by atoms with van der Waals surface area (Å²) in [4.78, 5) is 0. The van der Waals surface area contributed by atoms with Crippen LogP contribution in [0.25, 0.3) is 0 Å². The van der Waals surface area contributed by atoms with Gasteiger partial charge in [-0.2, -0.15) is 0 Å². The molecule has 0 heterocycles. The van der Waals surface area contributed by atoms with Crippen LogP contribution in [0.5, 0.6) is 11.5 Å². The molecule has 0 spiro atoms. The van der Waals surface area contributed by atoms with E-state index < -0.39 is 0 Å². The molecule has 0 aromatic heterocycles. The van der Waals surface area contributed by atoms with Gasteiger partial charge in [0, 0.05) is 17.9 Å². The first-order valence-corrected chi connectivity index (χ1v) is 7.84. The van der Waals surface area contributed by atoms with Crippen LogP contribution in [0.3, 0.4) is 0 Å². The molecule has 3 heteroatoms. The smallest absolute Gasteiger partial charge is 0.122 e. The van der Waals surface area contributed by atoms with Crippen LogP contribution in [0, 0.1) is 0 Å². The maximum Gasteiger partial charge on any atom is 0.122 e. The second-order valence-corrected chi connectivity index (χ2v) is 5.67. The van der Waals surface area contributed by atoms with Gasteiger partial charge in [-0.05, 0) is 37.6 Å². The summed E-state index contributed by atoms with van der Waals surface area (Å²) in [5.41, 5.74) is 6.51. The first-order chi connectivity index (χ1) is 10.7. The van der Waals surface area contributed by atoms with Crippen LogP contribution in [0.1, 0.15) is 37.3 Å². The highest BCUT2D eigenvalue weighted by atomic mass is 16.5. The van der Waals surface area contributed by atoms with Crippen LogP contribution in [-0.2, 0) is 0 Å². The summed E-state index contributed by atoms with van der Waals surface area (Å²) in [6.45, 7) is 4.95. The second kappa shape index (κ2) is 7.85. The Labute approximate surface area is 133 Å². The molecular formula is C19H26NO2+. The quantitative estimate of drug-likeness (QED) is 0.853. The molecule has 0 fully saturated rings. The molecule has 2 rings (SSSR count). The van der Waals surface area contributed by atoms with Gasteiger partial charge in [0.1, 0.15) is 11.5 Å². The average Bonchev–Trinajstić information content (AvgIpc) is 2.53. The van der Waals surface area contributed by atoms with Gasteiger partial charge in [0.25, 0.3) is 0 Å². The van der Waals surface area contributed by atoms with E-state index in [1.54, 1.807) is 7.11 Å². The minimum Gasteiger partial charge on any atom is -0.496 e. The van der Waals surface area contributed by atoms with Crippen molar-refractivity contribution in [3.63, 3.8) is 0 Å². The molecular weight excluding hydrogens is 274 g/mol. The van der Waals surface area contributed by atoms with Crippen molar-refractivity contribution in [3.8, 4) is 11.5 Å². The summed E-state index contributed by atoms with van der Waals surface area (Å²) in [5.74, 6) is 2.14. The van der Waals surface area contributed by atoms with Gasteiger partial charge in [-0.3, -0.25) is 0 Å². The molecule has 0 aliphatic heterocycles. The molecule has 22 heavy (non-hydrogen) atoms. The molecule has 118 valence electrons. The molecule has 0 saturated heterocycles. The predicted octanol–water partition coefficient (Wildman–Crippen LogP) is 3.25. The lowest BCUT2D eigenvalue weighted by Crippen LogP contribution is -2.50. The molecule has 0 aliphatic rings. The molecule has 2 aromatic rings. The van der Waals surface area contributed by atoms with Crippen molar-refractivity contribution in [2.45, 2.75) is 32.3 Å². The summed E-state index contributed by atoms with van der Waals surface area (Å²) in [6.07, 6.45) is 1.18. The van der Waals surface area contributed by atoms with Crippen LogP contribution in [0.4, 0.5) is 0 Å². The van der Waals surface area contributed by atoms with E-state index in [9.17, 15) is 0 Å². The maximum absolute atomic E-state index is 5.72. The van der Waals surface area contributed by atoms with Gasteiger partial charge in [0.15, 0.2) is 0 Å². The Balaban J connectivity index is 2.31. The highest BCUT2D eigenvalue weighted by Gasteiger charge is 2.18. The lowest BCUT2D eigenvalue weighted by molar-refractivity contribution is -0.368. The second-order valence-electron chi connectivity index (χ2n) is 5.67. The first-order valence-electron chi connectivity index (χ1n) is 7.84. The summed E-state index contributed by atoms with van der Waals surface area (Å²) >= 11 is 0. The zero-order chi connectivity index (χ0) is 15.9. The lowest BCUT2D eigenvalue weighted by atomic mass is 9.88. The Kier molecular flexibility index (Phi) is 5.84. The topological polar surface area (TPSA) is 46.1 Å². The predicted molar refractivity (Wildman–Crippen MR) is 89.4 cm³/mol. The summed E-state index contributed by atoms with van der Waals surface area (Å²) < 4.78 is 11.2. The van der Waals surface area contributed by atoms with E-state index >= 15 is 0 Å². The Morgan fingerprint density at radius 3 is 2.27 bits per heavy atom.